The van der Waals surface area contributed by atoms with E-state index in [-0.39, 0.29) is 6.03 Å². The summed E-state index contributed by atoms with van der Waals surface area (Å²) in [5.41, 5.74) is 0.457. The molecule has 0 aliphatic carbocycles. The Morgan fingerprint density at radius 3 is 2.39 bits per heavy atom. The molecule has 0 atom stereocenters. The lowest BCUT2D eigenvalue weighted by molar-refractivity contribution is 0.137. The number of hydrogen-bond acceptors (Lipinski definition) is 3. The van der Waals surface area contributed by atoms with Crippen molar-refractivity contribution >= 4 is 34.9 Å². The molecular formula is C16H17Cl2N3O2. The van der Waals surface area contributed by atoms with Gasteiger partial charge in [0.05, 0.1) is 28.5 Å². The van der Waals surface area contributed by atoms with E-state index in [9.17, 15) is 4.79 Å². The van der Waals surface area contributed by atoms with Gasteiger partial charge in [-0.2, -0.15) is 0 Å². The Kier molecular flexibility index (Phi) is 5.10. The summed E-state index contributed by atoms with van der Waals surface area (Å²) < 4.78 is 5.35. The number of hydrogen-bond donors (Lipinski definition) is 1. The van der Waals surface area contributed by atoms with Crippen LogP contribution in [0.5, 0.6) is 0 Å². The first-order valence-electron chi connectivity index (χ1n) is 7.38. The first-order valence-corrected chi connectivity index (χ1v) is 8.14. The molecule has 1 aliphatic heterocycles. The van der Waals surface area contributed by atoms with Gasteiger partial charge in [-0.1, -0.05) is 29.3 Å². The number of carbonyl (C=O) groups excluding carboxylic acids is 1. The van der Waals surface area contributed by atoms with E-state index < -0.39 is 0 Å². The molecule has 1 saturated heterocycles. The molecule has 0 spiro atoms. The highest BCUT2D eigenvalue weighted by atomic mass is 35.5. The van der Waals surface area contributed by atoms with Gasteiger partial charge in [0.1, 0.15) is 5.76 Å². The van der Waals surface area contributed by atoms with Gasteiger partial charge < -0.3 is 14.6 Å². The van der Waals surface area contributed by atoms with Crippen molar-refractivity contribution in [2.75, 3.05) is 31.5 Å². The lowest BCUT2D eigenvalue weighted by Crippen LogP contribution is -2.49. The summed E-state index contributed by atoms with van der Waals surface area (Å²) in [4.78, 5) is 16.4. The number of amides is 2. The number of carbonyl (C=O) groups is 1. The van der Waals surface area contributed by atoms with Crippen molar-refractivity contribution in [2.45, 2.75) is 6.54 Å². The first-order chi connectivity index (χ1) is 11.1. The van der Waals surface area contributed by atoms with Crippen LogP contribution in [0.1, 0.15) is 5.76 Å². The molecule has 0 bridgehead atoms. The molecule has 3 rings (SSSR count). The number of para-hydroxylation sites is 1. The fourth-order valence-electron chi connectivity index (χ4n) is 2.54. The fraction of sp³-hybridized carbons (Fsp3) is 0.312. The second-order valence-corrected chi connectivity index (χ2v) is 6.18. The summed E-state index contributed by atoms with van der Waals surface area (Å²) in [7, 11) is 0. The number of halogens is 2. The molecule has 0 radical (unpaired) electrons. The van der Waals surface area contributed by atoms with E-state index in [0.29, 0.717) is 28.8 Å². The van der Waals surface area contributed by atoms with Gasteiger partial charge in [0.25, 0.3) is 0 Å². The molecule has 2 aromatic rings. The SMILES string of the molecule is O=C(Nc1c(Cl)cccc1Cl)N1CCN(Cc2ccco2)CC1. The molecule has 1 N–H and O–H groups in total. The third-order valence-electron chi connectivity index (χ3n) is 3.81. The molecule has 1 aromatic carbocycles. The number of anilines is 1. The van der Waals surface area contributed by atoms with Crippen LogP contribution in [-0.4, -0.2) is 42.0 Å². The molecule has 1 fully saturated rings. The highest BCUT2D eigenvalue weighted by Gasteiger charge is 2.22. The summed E-state index contributed by atoms with van der Waals surface area (Å²) in [6.45, 7) is 3.65. The third-order valence-corrected chi connectivity index (χ3v) is 4.44. The summed E-state index contributed by atoms with van der Waals surface area (Å²) in [5.74, 6) is 0.936. The highest BCUT2D eigenvalue weighted by molar-refractivity contribution is 6.39. The number of furan rings is 1. The Morgan fingerprint density at radius 1 is 1.09 bits per heavy atom. The largest absolute Gasteiger partial charge is 0.468 e. The Morgan fingerprint density at radius 2 is 1.78 bits per heavy atom. The summed E-state index contributed by atoms with van der Waals surface area (Å²) >= 11 is 12.2. The second kappa shape index (κ2) is 7.25. The van der Waals surface area contributed by atoms with Crippen molar-refractivity contribution in [3.05, 3.63) is 52.4 Å². The van der Waals surface area contributed by atoms with E-state index in [2.05, 4.69) is 10.2 Å². The predicted molar refractivity (Wildman–Crippen MR) is 91.0 cm³/mol. The van der Waals surface area contributed by atoms with Crippen molar-refractivity contribution in [1.82, 2.24) is 9.80 Å². The van der Waals surface area contributed by atoms with Gasteiger partial charge in [-0.05, 0) is 24.3 Å². The molecule has 2 heterocycles. The van der Waals surface area contributed by atoms with Crippen LogP contribution in [0.15, 0.2) is 41.0 Å². The van der Waals surface area contributed by atoms with Crippen LogP contribution in [0.3, 0.4) is 0 Å². The summed E-state index contributed by atoms with van der Waals surface area (Å²) in [5, 5.41) is 3.66. The van der Waals surface area contributed by atoms with E-state index in [0.717, 1.165) is 25.4 Å². The predicted octanol–water partition coefficient (Wildman–Crippen LogP) is 3.94. The topological polar surface area (TPSA) is 48.7 Å². The van der Waals surface area contributed by atoms with Gasteiger partial charge in [-0.25, -0.2) is 4.79 Å². The zero-order chi connectivity index (χ0) is 16.2. The normalized spacial score (nSPS) is 15.7. The third kappa shape index (κ3) is 3.99. The number of rotatable bonds is 3. The maximum absolute atomic E-state index is 12.4. The van der Waals surface area contributed by atoms with Gasteiger partial charge in [-0.15, -0.1) is 0 Å². The Bertz CT molecular complexity index is 648. The number of nitrogens with zero attached hydrogens (tertiary/aromatic N) is 2. The standard InChI is InChI=1S/C16H17Cl2N3O2/c17-13-4-1-5-14(18)15(13)19-16(22)21-8-6-20(7-9-21)11-12-3-2-10-23-12/h1-5,10H,6-9,11H2,(H,19,22). The van der Waals surface area contributed by atoms with Gasteiger partial charge in [0.2, 0.25) is 0 Å². The van der Waals surface area contributed by atoms with E-state index in [1.165, 1.54) is 0 Å². The number of nitrogens with one attached hydrogen (secondary N) is 1. The molecule has 122 valence electrons. The Labute approximate surface area is 144 Å². The van der Waals surface area contributed by atoms with E-state index >= 15 is 0 Å². The van der Waals surface area contributed by atoms with Gasteiger partial charge in [0, 0.05) is 26.2 Å². The van der Waals surface area contributed by atoms with Crippen molar-refractivity contribution < 1.29 is 9.21 Å². The Hall–Kier alpha value is -1.69. The minimum absolute atomic E-state index is 0.183. The summed E-state index contributed by atoms with van der Waals surface area (Å²) in [6, 6.07) is 8.80. The van der Waals surface area contributed by atoms with Crippen LogP contribution in [0.25, 0.3) is 0 Å². The Balaban J connectivity index is 1.54. The van der Waals surface area contributed by atoms with E-state index in [1.807, 2.05) is 12.1 Å². The molecule has 1 aliphatic rings. The van der Waals surface area contributed by atoms with Crippen LogP contribution in [-0.2, 0) is 6.54 Å². The van der Waals surface area contributed by atoms with Gasteiger partial charge >= 0.3 is 6.03 Å². The monoisotopic (exact) mass is 353 g/mol. The average molecular weight is 354 g/mol. The molecule has 7 heteroatoms. The second-order valence-electron chi connectivity index (χ2n) is 5.37. The minimum atomic E-state index is -0.183. The van der Waals surface area contributed by atoms with Gasteiger partial charge in [0.15, 0.2) is 0 Å². The zero-order valence-corrected chi connectivity index (χ0v) is 14.0. The molecular weight excluding hydrogens is 337 g/mol. The van der Waals surface area contributed by atoms with Crippen LogP contribution in [0.4, 0.5) is 10.5 Å². The molecule has 0 saturated carbocycles. The quantitative estimate of drug-likeness (QED) is 0.909. The number of piperazine rings is 1. The molecule has 0 unspecified atom stereocenters. The van der Waals surface area contributed by atoms with Crippen molar-refractivity contribution in [3.63, 3.8) is 0 Å². The van der Waals surface area contributed by atoms with Crippen LogP contribution in [0.2, 0.25) is 10.0 Å². The van der Waals surface area contributed by atoms with Crippen molar-refractivity contribution in [3.8, 4) is 0 Å². The first kappa shape index (κ1) is 16.2. The van der Waals surface area contributed by atoms with Crippen molar-refractivity contribution in [2.24, 2.45) is 0 Å². The molecule has 23 heavy (non-hydrogen) atoms. The zero-order valence-electron chi connectivity index (χ0n) is 12.5. The van der Waals surface area contributed by atoms with Crippen LogP contribution < -0.4 is 5.32 Å². The summed E-state index contributed by atoms with van der Waals surface area (Å²) in [6.07, 6.45) is 1.67. The smallest absolute Gasteiger partial charge is 0.322 e. The molecule has 1 aromatic heterocycles. The minimum Gasteiger partial charge on any atom is -0.468 e. The lowest BCUT2D eigenvalue weighted by atomic mass is 10.3. The average Bonchev–Trinajstić information content (AvgIpc) is 3.04. The van der Waals surface area contributed by atoms with E-state index in [1.54, 1.807) is 29.4 Å². The molecule has 5 nitrogen and oxygen atoms in total. The van der Waals surface area contributed by atoms with Gasteiger partial charge in [-0.3, -0.25) is 4.90 Å². The fourth-order valence-corrected chi connectivity index (χ4v) is 3.03. The van der Waals surface area contributed by atoms with E-state index in [4.69, 9.17) is 27.6 Å². The van der Waals surface area contributed by atoms with Crippen LogP contribution >= 0.6 is 23.2 Å². The highest BCUT2D eigenvalue weighted by Crippen LogP contribution is 2.30. The number of benzene rings is 1. The number of urea groups is 1. The molecule has 2 amide bonds. The maximum Gasteiger partial charge on any atom is 0.322 e. The lowest BCUT2D eigenvalue weighted by Gasteiger charge is -2.34. The van der Waals surface area contributed by atoms with Crippen LogP contribution in [0, 0.1) is 0 Å². The van der Waals surface area contributed by atoms with Crippen molar-refractivity contribution in [1.29, 1.82) is 0 Å². The maximum atomic E-state index is 12.4.